The van der Waals surface area contributed by atoms with Crippen LogP contribution in [0.2, 0.25) is 0 Å². The Balaban J connectivity index is 1.95. The second-order valence-corrected chi connectivity index (χ2v) is 5.46. The van der Waals surface area contributed by atoms with Gasteiger partial charge in [0.1, 0.15) is 5.82 Å². The lowest BCUT2D eigenvalue weighted by atomic mass is 9.91. The maximum absolute atomic E-state index is 13.8. The van der Waals surface area contributed by atoms with E-state index in [4.69, 9.17) is 9.84 Å². The van der Waals surface area contributed by atoms with Crippen LogP contribution in [-0.2, 0) is 14.3 Å². The molecule has 22 heavy (non-hydrogen) atoms. The summed E-state index contributed by atoms with van der Waals surface area (Å²) < 4.78 is 19.2. The normalized spacial score (nSPS) is 18.9. The first-order valence-electron chi connectivity index (χ1n) is 7.40. The third-order valence-electron chi connectivity index (χ3n) is 3.75. The molecule has 1 aromatic carbocycles. The van der Waals surface area contributed by atoms with Crippen LogP contribution in [-0.4, -0.2) is 36.2 Å². The Hall–Kier alpha value is -1.95. The Morgan fingerprint density at radius 2 is 2.14 bits per heavy atom. The first kappa shape index (κ1) is 16.4. The molecule has 0 radical (unpaired) electrons. The van der Waals surface area contributed by atoms with E-state index in [1.165, 1.54) is 18.2 Å². The molecule has 1 saturated heterocycles. The maximum Gasteiger partial charge on any atom is 0.303 e. The second kappa shape index (κ2) is 7.89. The zero-order valence-electron chi connectivity index (χ0n) is 12.3. The highest BCUT2D eigenvalue weighted by atomic mass is 19.1. The molecule has 0 saturated carbocycles. The third-order valence-corrected chi connectivity index (χ3v) is 3.75. The van der Waals surface area contributed by atoms with Crippen LogP contribution < -0.4 is 5.32 Å². The third kappa shape index (κ3) is 4.80. The largest absolute Gasteiger partial charge is 0.481 e. The van der Waals surface area contributed by atoms with E-state index < -0.39 is 17.7 Å². The number of benzene rings is 1. The SMILES string of the molecule is O=C(O)CC(CC(=O)NCC1CCCO1)c1ccccc1F. The Morgan fingerprint density at radius 3 is 2.77 bits per heavy atom. The minimum atomic E-state index is -1.06. The van der Waals surface area contributed by atoms with Gasteiger partial charge in [0.2, 0.25) is 5.91 Å². The van der Waals surface area contributed by atoms with Crippen molar-refractivity contribution < 1.29 is 23.8 Å². The number of rotatable bonds is 7. The zero-order valence-corrected chi connectivity index (χ0v) is 12.3. The lowest BCUT2D eigenvalue weighted by Crippen LogP contribution is -2.32. The molecule has 2 N–H and O–H groups in total. The summed E-state index contributed by atoms with van der Waals surface area (Å²) in [4.78, 5) is 23.0. The van der Waals surface area contributed by atoms with Gasteiger partial charge in [0.25, 0.3) is 0 Å². The molecule has 120 valence electrons. The van der Waals surface area contributed by atoms with Crippen molar-refractivity contribution in [1.82, 2.24) is 5.32 Å². The summed E-state index contributed by atoms with van der Waals surface area (Å²) in [5.74, 6) is -2.51. The molecule has 0 spiro atoms. The summed E-state index contributed by atoms with van der Waals surface area (Å²) in [7, 11) is 0. The molecule has 0 bridgehead atoms. The molecule has 2 unspecified atom stereocenters. The highest BCUT2D eigenvalue weighted by Crippen LogP contribution is 2.26. The number of halogens is 1. The molecule has 6 heteroatoms. The molecule has 1 aliphatic rings. The van der Waals surface area contributed by atoms with Gasteiger partial charge in [-0.3, -0.25) is 9.59 Å². The summed E-state index contributed by atoms with van der Waals surface area (Å²) in [6, 6.07) is 5.97. The summed E-state index contributed by atoms with van der Waals surface area (Å²) >= 11 is 0. The Kier molecular flexibility index (Phi) is 5.89. The quantitative estimate of drug-likeness (QED) is 0.808. The highest BCUT2D eigenvalue weighted by Gasteiger charge is 2.23. The van der Waals surface area contributed by atoms with Gasteiger partial charge in [-0.1, -0.05) is 18.2 Å². The van der Waals surface area contributed by atoms with Crippen molar-refractivity contribution in [2.45, 2.75) is 37.7 Å². The smallest absolute Gasteiger partial charge is 0.303 e. The molecular weight excluding hydrogens is 289 g/mol. The summed E-state index contributed by atoms with van der Waals surface area (Å²) in [5, 5.41) is 11.7. The van der Waals surface area contributed by atoms with Crippen LogP contribution in [0.3, 0.4) is 0 Å². The maximum atomic E-state index is 13.8. The fraction of sp³-hybridized carbons (Fsp3) is 0.500. The molecule has 2 rings (SSSR count). The van der Waals surface area contributed by atoms with Crippen molar-refractivity contribution in [3.05, 3.63) is 35.6 Å². The predicted molar refractivity (Wildman–Crippen MR) is 78.0 cm³/mol. The number of carboxylic acid groups (broad SMARTS) is 1. The number of carboxylic acids is 1. The van der Waals surface area contributed by atoms with E-state index in [1.807, 2.05) is 0 Å². The zero-order chi connectivity index (χ0) is 15.9. The fourth-order valence-corrected chi connectivity index (χ4v) is 2.64. The van der Waals surface area contributed by atoms with Gasteiger partial charge >= 0.3 is 5.97 Å². The number of ether oxygens (including phenoxy) is 1. The molecule has 0 aromatic heterocycles. The van der Waals surface area contributed by atoms with Crippen molar-refractivity contribution >= 4 is 11.9 Å². The topological polar surface area (TPSA) is 75.6 Å². The standard InChI is InChI=1S/C16H20FNO4/c17-14-6-2-1-5-13(14)11(9-16(20)21)8-15(19)18-10-12-4-3-7-22-12/h1-2,5-6,11-12H,3-4,7-10H2,(H,18,19)(H,20,21). The number of amides is 1. The van der Waals surface area contributed by atoms with Crippen LogP contribution in [0.4, 0.5) is 4.39 Å². The van der Waals surface area contributed by atoms with E-state index >= 15 is 0 Å². The highest BCUT2D eigenvalue weighted by molar-refractivity contribution is 5.78. The number of nitrogens with one attached hydrogen (secondary N) is 1. The van der Waals surface area contributed by atoms with Gasteiger partial charge in [-0.2, -0.15) is 0 Å². The number of aliphatic carboxylic acids is 1. The molecular formula is C16H20FNO4. The van der Waals surface area contributed by atoms with Crippen LogP contribution in [0.25, 0.3) is 0 Å². The first-order chi connectivity index (χ1) is 10.6. The number of hydrogen-bond donors (Lipinski definition) is 2. The molecule has 1 aromatic rings. The van der Waals surface area contributed by atoms with Crippen LogP contribution in [0.1, 0.15) is 37.2 Å². The van der Waals surface area contributed by atoms with Gasteiger partial charge in [0.15, 0.2) is 0 Å². The van der Waals surface area contributed by atoms with Crippen molar-refractivity contribution in [3.63, 3.8) is 0 Å². The minimum Gasteiger partial charge on any atom is -0.481 e. The van der Waals surface area contributed by atoms with E-state index in [0.29, 0.717) is 13.2 Å². The van der Waals surface area contributed by atoms with Gasteiger partial charge < -0.3 is 15.2 Å². The van der Waals surface area contributed by atoms with E-state index in [9.17, 15) is 14.0 Å². The minimum absolute atomic E-state index is 0.0235. The average Bonchev–Trinajstić information content (AvgIpc) is 2.98. The molecule has 1 heterocycles. The van der Waals surface area contributed by atoms with Gasteiger partial charge in [0, 0.05) is 25.5 Å². The van der Waals surface area contributed by atoms with Crippen molar-refractivity contribution in [3.8, 4) is 0 Å². The van der Waals surface area contributed by atoms with E-state index in [1.54, 1.807) is 6.07 Å². The van der Waals surface area contributed by atoms with Crippen molar-refractivity contribution in [2.75, 3.05) is 13.2 Å². The lowest BCUT2D eigenvalue weighted by molar-refractivity contribution is -0.137. The van der Waals surface area contributed by atoms with Gasteiger partial charge in [-0.05, 0) is 24.5 Å². The van der Waals surface area contributed by atoms with E-state index in [0.717, 1.165) is 12.8 Å². The molecule has 1 fully saturated rings. The monoisotopic (exact) mass is 309 g/mol. The summed E-state index contributed by atoms with van der Waals surface area (Å²) in [5.41, 5.74) is 0.261. The summed E-state index contributed by atoms with van der Waals surface area (Å²) in [6.45, 7) is 1.12. The van der Waals surface area contributed by atoms with Crippen LogP contribution >= 0.6 is 0 Å². The number of carbonyl (C=O) groups excluding carboxylic acids is 1. The predicted octanol–water partition coefficient (Wildman–Crippen LogP) is 2.07. The first-order valence-corrected chi connectivity index (χ1v) is 7.40. The van der Waals surface area contributed by atoms with Crippen molar-refractivity contribution in [1.29, 1.82) is 0 Å². The molecule has 2 atom stereocenters. The Morgan fingerprint density at radius 1 is 1.36 bits per heavy atom. The van der Waals surface area contributed by atoms with Gasteiger partial charge in [-0.25, -0.2) is 4.39 Å². The molecule has 1 aliphatic heterocycles. The summed E-state index contributed by atoms with van der Waals surface area (Å²) in [6.07, 6.45) is 1.58. The van der Waals surface area contributed by atoms with E-state index in [-0.39, 0.29) is 30.4 Å². The lowest BCUT2D eigenvalue weighted by Gasteiger charge is -2.17. The molecule has 5 nitrogen and oxygen atoms in total. The Labute approximate surface area is 128 Å². The van der Waals surface area contributed by atoms with Crippen molar-refractivity contribution in [2.24, 2.45) is 0 Å². The van der Waals surface area contributed by atoms with E-state index in [2.05, 4.69) is 5.32 Å². The van der Waals surface area contributed by atoms with Crippen LogP contribution in [0.15, 0.2) is 24.3 Å². The average molecular weight is 309 g/mol. The van der Waals surface area contributed by atoms with Crippen LogP contribution in [0.5, 0.6) is 0 Å². The number of carbonyl (C=O) groups is 2. The Bertz CT molecular complexity index is 529. The number of hydrogen-bond acceptors (Lipinski definition) is 3. The van der Waals surface area contributed by atoms with Crippen LogP contribution in [0, 0.1) is 5.82 Å². The molecule has 0 aliphatic carbocycles. The van der Waals surface area contributed by atoms with Gasteiger partial charge in [-0.15, -0.1) is 0 Å². The second-order valence-electron chi connectivity index (χ2n) is 5.46. The van der Waals surface area contributed by atoms with Gasteiger partial charge in [0.05, 0.1) is 12.5 Å². The molecule has 1 amide bonds. The fourth-order valence-electron chi connectivity index (χ4n) is 2.64.